The van der Waals surface area contributed by atoms with E-state index in [2.05, 4.69) is 26.1 Å². The van der Waals surface area contributed by atoms with Gasteiger partial charge in [-0.3, -0.25) is 0 Å². The molecule has 1 nitrogen and oxygen atoms in total. The predicted octanol–water partition coefficient (Wildman–Crippen LogP) is 5.18. The Morgan fingerprint density at radius 3 is 2.63 bits per heavy atom. The van der Waals surface area contributed by atoms with Gasteiger partial charge in [0.25, 0.3) is 0 Å². The van der Waals surface area contributed by atoms with Crippen LogP contribution in [-0.4, -0.2) is 6.54 Å². The van der Waals surface area contributed by atoms with Crippen LogP contribution in [0.25, 0.3) is 0 Å². The molecule has 19 heavy (non-hydrogen) atoms. The first-order chi connectivity index (χ1) is 8.94. The standard InChI is InChI=1S/C16H25ClFN/c1-4-5-6-9-16(2,3)12-19-11-13-7-8-15(18)14(17)10-13/h7-8,10,19H,4-6,9,11-12H2,1-3H3. The van der Waals surface area contributed by atoms with E-state index < -0.39 is 0 Å². The van der Waals surface area contributed by atoms with E-state index in [0.29, 0.717) is 5.41 Å². The van der Waals surface area contributed by atoms with E-state index in [1.54, 1.807) is 12.1 Å². The number of rotatable bonds is 8. The Morgan fingerprint density at radius 2 is 2.00 bits per heavy atom. The molecule has 1 rings (SSSR count). The van der Waals surface area contributed by atoms with Gasteiger partial charge in [0.05, 0.1) is 5.02 Å². The lowest BCUT2D eigenvalue weighted by molar-refractivity contribution is 0.302. The minimum atomic E-state index is -0.356. The largest absolute Gasteiger partial charge is 0.312 e. The van der Waals surface area contributed by atoms with Gasteiger partial charge >= 0.3 is 0 Å². The molecule has 0 aromatic heterocycles. The van der Waals surface area contributed by atoms with Gasteiger partial charge in [-0.1, -0.05) is 57.7 Å². The highest BCUT2D eigenvalue weighted by Crippen LogP contribution is 2.23. The van der Waals surface area contributed by atoms with Gasteiger partial charge in [-0.05, 0) is 29.5 Å². The Morgan fingerprint density at radius 1 is 1.26 bits per heavy atom. The molecule has 0 saturated carbocycles. The van der Waals surface area contributed by atoms with Gasteiger partial charge in [-0.2, -0.15) is 0 Å². The summed E-state index contributed by atoms with van der Waals surface area (Å²) in [5, 5.41) is 3.63. The molecule has 0 aliphatic carbocycles. The molecule has 1 aromatic carbocycles. The van der Waals surface area contributed by atoms with E-state index in [-0.39, 0.29) is 10.8 Å². The summed E-state index contributed by atoms with van der Waals surface area (Å²) in [6, 6.07) is 4.89. The fourth-order valence-electron chi connectivity index (χ4n) is 2.14. The number of nitrogens with one attached hydrogen (secondary N) is 1. The molecule has 0 spiro atoms. The van der Waals surface area contributed by atoms with Crippen LogP contribution in [0.2, 0.25) is 5.02 Å². The lowest BCUT2D eigenvalue weighted by Gasteiger charge is -2.25. The summed E-state index contributed by atoms with van der Waals surface area (Å²) >= 11 is 5.76. The van der Waals surface area contributed by atoms with Gasteiger partial charge in [-0.15, -0.1) is 0 Å². The van der Waals surface area contributed by atoms with Crippen molar-refractivity contribution in [2.75, 3.05) is 6.54 Å². The van der Waals surface area contributed by atoms with Crippen LogP contribution >= 0.6 is 11.6 Å². The smallest absolute Gasteiger partial charge is 0.141 e. The molecule has 0 aliphatic heterocycles. The van der Waals surface area contributed by atoms with Crippen LogP contribution in [0.3, 0.4) is 0 Å². The number of hydrogen-bond donors (Lipinski definition) is 1. The fraction of sp³-hybridized carbons (Fsp3) is 0.625. The highest BCUT2D eigenvalue weighted by molar-refractivity contribution is 6.30. The molecule has 1 aromatic rings. The molecule has 108 valence electrons. The molecule has 3 heteroatoms. The van der Waals surface area contributed by atoms with Crippen LogP contribution in [0.1, 0.15) is 52.0 Å². The van der Waals surface area contributed by atoms with E-state index >= 15 is 0 Å². The van der Waals surface area contributed by atoms with Gasteiger partial charge < -0.3 is 5.32 Å². The summed E-state index contributed by atoms with van der Waals surface area (Å²) in [4.78, 5) is 0. The SMILES string of the molecule is CCCCCC(C)(C)CNCc1ccc(F)c(Cl)c1. The van der Waals surface area contributed by atoms with Crippen molar-refractivity contribution in [2.24, 2.45) is 5.41 Å². The van der Waals surface area contributed by atoms with Crippen molar-refractivity contribution >= 4 is 11.6 Å². The van der Waals surface area contributed by atoms with Crippen LogP contribution in [0, 0.1) is 11.2 Å². The first-order valence-corrected chi connectivity index (χ1v) is 7.47. The lowest BCUT2D eigenvalue weighted by Crippen LogP contribution is -2.29. The van der Waals surface area contributed by atoms with Crippen molar-refractivity contribution in [1.29, 1.82) is 0 Å². The lowest BCUT2D eigenvalue weighted by atomic mass is 9.87. The molecule has 0 atom stereocenters. The van der Waals surface area contributed by atoms with E-state index in [1.165, 1.54) is 31.7 Å². The normalized spacial score (nSPS) is 11.8. The van der Waals surface area contributed by atoms with Gasteiger partial charge in [-0.25, -0.2) is 4.39 Å². The van der Waals surface area contributed by atoms with Crippen LogP contribution < -0.4 is 5.32 Å². The van der Waals surface area contributed by atoms with Crippen molar-refractivity contribution in [2.45, 2.75) is 53.0 Å². The van der Waals surface area contributed by atoms with Crippen molar-refractivity contribution in [3.05, 3.63) is 34.6 Å². The maximum Gasteiger partial charge on any atom is 0.141 e. The molecule has 0 radical (unpaired) electrons. The first-order valence-electron chi connectivity index (χ1n) is 7.09. The van der Waals surface area contributed by atoms with Gasteiger partial charge in [0.1, 0.15) is 5.82 Å². The maximum absolute atomic E-state index is 13.0. The average Bonchev–Trinajstić information content (AvgIpc) is 2.34. The van der Waals surface area contributed by atoms with E-state index in [1.807, 2.05) is 0 Å². The number of halogens is 2. The average molecular weight is 286 g/mol. The topological polar surface area (TPSA) is 12.0 Å². The Hall–Kier alpha value is -0.600. The van der Waals surface area contributed by atoms with Crippen molar-refractivity contribution in [1.82, 2.24) is 5.32 Å². The zero-order valence-electron chi connectivity index (χ0n) is 12.2. The molecular formula is C16H25ClFN. The molecule has 0 heterocycles. The predicted molar refractivity (Wildman–Crippen MR) is 81.0 cm³/mol. The molecule has 0 saturated heterocycles. The highest BCUT2D eigenvalue weighted by Gasteiger charge is 2.16. The van der Waals surface area contributed by atoms with Crippen molar-refractivity contribution in [3.63, 3.8) is 0 Å². The monoisotopic (exact) mass is 285 g/mol. The highest BCUT2D eigenvalue weighted by atomic mass is 35.5. The second-order valence-corrected chi connectivity index (χ2v) is 6.38. The maximum atomic E-state index is 13.0. The van der Waals surface area contributed by atoms with Crippen LogP contribution in [0.4, 0.5) is 4.39 Å². The zero-order chi connectivity index (χ0) is 14.3. The number of hydrogen-bond acceptors (Lipinski definition) is 1. The van der Waals surface area contributed by atoms with Crippen molar-refractivity contribution < 1.29 is 4.39 Å². The van der Waals surface area contributed by atoms with Gasteiger partial charge in [0.15, 0.2) is 0 Å². The third-order valence-electron chi connectivity index (χ3n) is 3.37. The molecule has 0 bridgehead atoms. The van der Waals surface area contributed by atoms with Crippen LogP contribution in [-0.2, 0) is 6.54 Å². The summed E-state index contributed by atoms with van der Waals surface area (Å²) in [7, 11) is 0. The van der Waals surface area contributed by atoms with E-state index in [4.69, 9.17) is 11.6 Å². The Labute approximate surface area is 121 Å². The minimum absolute atomic E-state index is 0.196. The molecule has 0 aliphatic rings. The summed E-state index contributed by atoms with van der Waals surface area (Å²) in [6.07, 6.45) is 5.08. The number of unbranched alkanes of at least 4 members (excludes halogenated alkanes) is 2. The molecular weight excluding hydrogens is 261 g/mol. The molecule has 0 fully saturated rings. The van der Waals surface area contributed by atoms with E-state index in [0.717, 1.165) is 18.7 Å². The zero-order valence-corrected chi connectivity index (χ0v) is 13.0. The summed E-state index contributed by atoms with van der Waals surface area (Å²) in [5.41, 5.74) is 1.33. The summed E-state index contributed by atoms with van der Waals surface area (Å²) in [6.45, 7) is 8.49. The van der Waals surface area contributed by atoms with Gasteiger partial charge in [0.2, 0.25) is 0 Å². The van der Waals surface area contributed by atoms with E-state index in [9.17, 15) is 4.39 Å². The summed E-state index contributed by atoms with van der Waals surface area (Å²) < 4.78 is 13.0. The van der Waals surface area contributed by atoms with Gasteiger partial charge in [0, 0.05) is 13.1 Å². The number of benzene rings is 1. The molecule has 1 N–H and O–H groups in total. The summed E-state index contributed by atoms with van der Waals surface area (Å²) in [5.74, 6) is -0.356. The minimum Gasteiger partial charge on any atom is -0.312 e. The quantitative estimate of drug-likeness (QED) is 0.649. The molecule has 0 unspecified atom stereocenters. The van der Waals surface area contributed by atoms with Crippen molar-refractivity contribution in [3.8, 4) is 0 Å². The van der Waals surface area contributed by atoms with Crippen LogP contribution in [0.5, 0.6) is 0 Å². The Kier molecular flexibility index (Phi) is 6.81. The fourth-order valence-corrected chi connectivity index (χ4v) is 2.34. The third-order valence-corrected chi connectivity index (χ3v) is 3.66. The van der Waals surface area contributed by atoms with Crippen LogP contribution in [0.15, 0.2) is 18.2 Å². The molecule has 0 amide bonds. The second-order valence-electron chi connectivity index (χ2n) is 5.97. The first kappa shape index (κ1) is 16.5. The Balaban J connectivity index is 2.34. The Bertz CT molecular complexity index is 390. The third kappa shape index (κ3) is 6.40. The second kappa shape index (κ2) is 7.86.